The summed E-state index contributed by atoms with van der Waals surface area (Å²) in [6.07, 6.45) is 0.641. The van der Waals surface area contributed by atoms with Gasteiger partial charge in [-0.2, -0.15) is 0 Å². The normalized spacial score (nSPS) is 17.6. The molecule has 120 valence electrons. The number of benzene rings is 1. The second-order valence-corrected chi connectivity index (χ2v) is 7.35. The van der Waals surface area contributed by atoms with Crippen molar-refractivity contribution in [3.8, 4) is 0 Å². The summed E-state index contributed by atoms with van der Waals surface area (Å²) in [5, 5.41) is 2.87. The van der Waals surface area contributed by atoms with Crippen LogP contribution in [0.1, 0.15) is 32.1 Å². The molecule has 2 heterocycles. The van der Waals surface area contributed by atoms with E-state index in [1.54, 1.807) is 11.0 Å². The van der Waals surface area contributed by atoms with Crippen molar-refractivity contribution < 1.29 is 9.59 Å². The number of hydrogen-bond donors (Lipinski definition) is 1. The summed E-state index contributed by atoms with van der Waals surface area (Å²) < 4.78 is 0. The topological polar surface area (TPSA) is 49.4 Å². The van der Waals surface area contributed by atoms with Gasteiger partial charge in [0, 0.05) is 17.1 Å². The van der Waals surface area contributed by atoms with Gasteiger partial charge in [-0.05, 0) is 62.6 Å². The van der Waals surface area contributed by atoms with Crippen molar-refractivity contribution in [1.29, 1.82) is 0 Å². The molecule has 0 radical (unpaired) electrons. The predicted octanol–water partition coefficient (Wildman–Crippen LogP) is 3.21. The Morgan fingerprint density at radius 2 is 1.87 bits per heavy atom. The van der Waals surface area contributed by atoms with Gasteiger partial charge in [0.1, 0.15) is 6.04 Å². The summed E-state index contributed by atoms with van der Waals surface area (Å²) >= 11 is 1.44. The van der Waals surface area contributed by atoms with Crippen LogP contribution in [0.5, 0.6) is 0 Å². The zero-order chi connectivity index (χ0) is 16.6. The monoisotopic (exact) mass is 328 g/mol. The molecule has 5 heteroatoms. The summed E-state index contributed by atoms with van der Waals surface area (Å²) in [5.41, 5.74) is 3.18. The smallest absolute Gasteiger partial charge is 0.262 e. The van der Waals surface area contributed by atoms with Crippen LogP contribution in [0.15, 0.2) is 30.3 Å². The molecule has 1 aliphatic heterocycles. The number of amides is 2. The lowest BCUT2D eigenvalue weighted by molar-refractivity contribution is -0.118. The predicted molar refractivity (Wildman–Crippen MR) is 93.2 cm³/mol. The molecule has 1 aromatic carbocycles. The lowest BCUT2D eigenvalue weighted by Crippen LogP contribution is -2.41. The molecule has 0 unspecified atom stereocenters. The number of nitrogens with one attached hydrogen (secondary N) is 1. The van der Waals surface area contributed by atoms with Gasteiger partial charge in [-0.1, -0.05) is 6.07 Å². The van der Waals surface area contributed by atoms with Gasteiger partial charge in [-0.15, -0.1) is 11.3 Å². The fraction of sp³-hybridized carbons (Fsp3) is 0.333. The van der Waals surface area contributed by atoms with E-state index in [9.17, 15) is 9.59 Å². The van der Waals surface area contributed by atoms with E-state index in [4.69, 9.17) is 0 Å². The highest BCUT2D eigenvalue weighted by atomic mass is 32.1. The van der Waals surface area contributed by atoms with E-state index in [1.807, 2.05) is 39.0 Å². The Bertz CT molecular complexity index is 746. The van der Waals surface area contributed by atoms with Gasteiger partial charge >= 0.3 is 0 Å². The molecule has 2 aromatic rings. The second-order valence-electron chi connectivity index (χ2n) is 6.06. The lowest BCUT2D eigenvalue weighted by Gasteiger charge is -2.18. The number of thiophene rings is 1. The first-order valence-corrected chi connectivity index (χ1v) is 8.52. The number of nitrogens with zero attached hydrogens (tertiary/aromatic N) is 1. The highest BCUT2D eigenvalue weighted by Crippen LogP contribution is 2.24. The highest BCUT2D eigenvalue weighted by molar-refractivity contribution is 7.13. The van der Waals surface area contributed by atoms with Gasteiger partial charge in [0.2, 0.25) is 5.91 Å². The Balaban J connectivity index is 1.72. The molecule has 2 amide bonds. The van der Waals surface area contributed by atoms with Crippen LogP contribution in [0.4, 0.5) is 5.69 Å². The Kier molecular flexibility index (Phi) is 4.22. The highest BCUT2D eigenvalue weighted by Gasteiger charge is 2.34. The van der Waals surface area contributed by atoms with Crippen molar-refractivity contribution in [1.82, 2.24) is 5.32 Å². The van der Waals surface area contributed by atoms with Crippen LogP contribution in [0.3, 0.4) is 0 Å². The van der Waals surface area contributed by atoms with E-state index in [0.717, 1.165) is 21.7 Å². The Hall–Kier alpha value is -2.14. The molecule has 0 aliphatic carbocycles. The van der Waals surface area contributed by atoms with Gasteiger partial charge in [0.05, 0.1) is 4.88 Å². The lowest BCUT2D eigenvalue weighted by atomic mass is 10.1. The third-order valence-corrected chi connectivity index (χ3v) is 4.99. The summed E-state index contributed by atoms with van der Waals surface area (Å²) in [4.78, 5) is 28.4. The molecule has 0 saturated carbocycles. The number of carbonyl (C=O) groups is 2. The van der Waals surface area contributed by atoms with E-state index in [1.165, 1.54) is 11.3 Å². The van der Waals surface area contributed by atoms with Crippen molar-refractivity contribution in [2.75, 3.05) is 11.4 Å². The maximum atomic E-state index is 12.6. The average molecular weight is 328 g/mol. The van der Waals surface area contributed by atoms with Crippen molar-refractivity contribution in [3.63, 3.8) is 0 Å². The van der Waals surface area contributed by atoms with Gasteiger partial charge in [0.25, 0.3) is 5.91 Å². The number of anilines is 1. The van der Waals surface area contributed by atoms with E-state index < -0.39 is 6.04 Å². The van der Waals surface area contributed by atoms with Crippen LogP contribution in [0.25, 0.3) is 0 Å². The molecule has 1 saturated heterocycles. The SMILES string of the molecule is Cc1cc(C)cc(N2CC[C@@H](NC(=O)c3ccc(C)s3)C2=O)c1. The van der Waals surface area contributed by atoms with Gasteiger partial charge < -0.3 is 10.2 Å². The Morgan fingerprint density at radius 3 is 2.48 bits per heavy atom. The minimum absolute atomic E-state index is 0.0309. The number of rotatable bonds is 3. The summed E-state index contributed by atoms with van der Waals surface area (Å²) in [5.74, 6) is -0.194. The van der Waals surface area contributed by atoms with E-state index in [-0.39, 0.29) is 11.8 Å². The standard InChI is InChI=1S/C18H20N2O2S/c1-11-8-12(2)10-14(9-11)20-7-6-15(18(20)22)19-17(21)16-5-4-13(3)23-16/h4-5,8-10,15H,6-7H2,1-3H3,(H,19,21)/t15-/m1/s1. The minimum Gasteiger partial charge on any atom is -0.339 e. The Labute approximate surface area is 140 Å². The zero-order valence-electron chi connectivity index (χ0n) is 13.6. The number of hydrogen-bond acceptors (Lipinski definition) is 3. The Morgan fingerprint density at radius 1 is 1.17 bits per heavy atom. The first-order chi connectivity index (χ1) is 10.9. The van der Waals surface area contributed by atoms with Gasteiger partial charge in [-0.25, -0.2) is 0 Å². The molecular formula is C18H20N2O2S. The van der Waals surface area contributed by atoms with E-state index in [0.29, 0.717) is 17.8 Å². The summed E-state index contributed by atoms with van der Waals surface area (Å²) in [6, 6.07) is 9.39. The average Bonchev–Trinajstić information content (AvgIpc) is 3.05. The molecule has 3 rings (SSSR count). The quantitative estimate of drug-likeness (QED) is 0.940. The van der Waals surface area contributed by atoms with Crippen LogP contribution < -0.4 is 10.2 Å². The molecule has 1 aliphatic rings. The molecule has 1 fully saturated rings. The molecule has 1 N–H and O–H groups in total. The van der Waals surface area contributed by atoms with Crippen LogP contribution in [0.2, 0.25) is 0 Å². The summed E-state index contributed by atoms with van der Waals surface area (Å²) in [6.45, 7) is 6.64. The van der Waals surface area contributed by atoms with Crippen LogP contribution in [-0.4, -0.2) is 24.4 Å². The molecule has 23 heavy (non-hydrogen) atoms. The second kappa shape index (κ2) is 6.16. The van der Waals surface area contributed by atoms with Crippen molar-refractivity contribution in [3.05, 3.63) is 51.2 Å². The summed E-state index contributed by atoms with van der Waals surface area (Å²) in [7, 11) is 0. The molecule has 0 bridgehead atoms. The maximum Gasteiger partial charge on any atom is 0.262 e. The van der Waals surface area contributed by atoms with Crippen molar-refractivity contribution >= 4 is 28.8 Å². The zero-order valence-corrected chi connectivity index (χ0v) is 14.4. The first kappa shape index (κ1) is 15.7. The maximum absolute atomic E-state index is 12.6. The van der Waals surface area contributed by atoms with Gasteiger partial charge in [0.15, 0.2) is 0 Å². The van der Waals surface area contributed by atoms with Crippen molar-refractivity contribution in [2.45, 2.75) is 33.2 Å². The molecule has 1 atom stereocenters. The van der Waals surface area contributed by atoms with Crippen molar-refractivity contribution in [2.24, 2.45) is 0 Å². The minimum atomic E-state index is -0.439. The fourth-order valence-electron chi connectivity index (χ4n) is 2.96. The third kappa shape index (κ3) is 3.29. The largest absolute Gasteiger partial charge is 0.339 e. The number of carbonyl (C=O) groups excluding carboxylic acids is 2. The third-order valence-electron chi connectivity index (χ3n) is 3.99. The molecule has 0 spiro atoms. The number of aryl methyl sites for hydroxylation is 3. The molecule has 1 aromatic heterocycles. The van der Waals surface area contributed by atoms with Crippen LogP contribution in [-0.2, 0) is 4.79 Å². The van der Waals surface area contributed by atoms with E-state index >= 15 is 0 Å². The van der Waals surface area contributed by atoms with Gasteiger partial charge in [-0.3, -0.25) is 9.59 Å². The first-order valence-electron chi connectivity index (χ1n) is 7.71. The van der Waals surface area contributed by atoms with E-state index in [2.05, 4.69) is 11.4 Å². The molecule has 4 nitrogen and oxygen atoms in total. The van der Waals surface area contributed by atoms with Crippen LogP contribution in [0, 0.1) is 20.8 Å². The van der Waals surface area contributed by atoms with Crippen LogP contribution >= 0.6 is 11.3 Å². The molecular weight excluding hydrogens is 308 g/mol. The fourth-order valence-corrected chi connectivity index (χ4v) is 3.73.